The lowest BCUT2D eigenvalue weighted by atomic mass is 9.84. The number of likely N-dealkylation sites (tertiary alicyclic amines) is 1. The molecule has 2 aromatic rings. The molecule has 1 atom stereocenters. The second kappa shape index (κ2) is 6.46. The van der Waals surface area contributed by atoms with Gasteiger partial charge in [-0.25, -0.2) is 4.79 Å². The minimum atomic E-state index is -0.506. The highest BCUT2D eigenvalue weighted by molar-refractivity contribution is 5.69. The lowest BCUT2D eigenvalue weighted by molar-refractivity contribution is 0.0280. The highest BCUT2D eigenvalue weighted by Crippen LogP contribution is 2.38. The second-order valence-corrected chi connectivity index (χ2v) is 7.44. The number of ether oxygens (including phenoxy) is 1. The molecule has 0 saturated carbocycles. The van der Waals surface area contributed by atoms with Crippen molar-refractivity contribution in [3.05, 3.63) is 30.4 Å². The molecule has 7 nitrogen and oxygen atoms in total. The first-order valence-electron chi connectivity index (χ1n) is 8.55. The maximum absolute atomic E-state index is 12.4. The van der Waals surface area contributed by atoms with Gasteiger partial charge in [0, 0.05) is 31.0 Å². The number of nitrogens with zero attached hydrogens (tertiary/aromatic N) is 4. The normalized spacial score (nSPS) is 20.7. The van der Waals surface area contributed by atoms with Crippen LogP contribution in [0.1, 0.15) is 46.4 Å². The monoisotopic (exact) mass is 344 g/mol. The van der Waals surface area contributed by atoms with Crippen LogP contribution in [0.3, 0.4) is 0 Å². The van der Waals surface area contributed by atoms with Crippen LogP contribution in [0.2, 0.25) is 0 Å². The average Bonchev–Trinajstić information content (AvgIpc) is 3.22. The van der Waals surface area contributed by atoms with Gasteiger partial charge in [0.05, 0.1) is 5.41 Å². The van der Waals surface area contributed by atoms with Crippen LogP contribution in [0.4, 0.5) is 4.79 Å². The van der Waals surface area contributed by atoms with E-state index in [4.69, 9.17) is 9.26 Å². The van der Waals surface area contributed by atoms with Gasteiger partial charge in [0.15, 0.2) is 0 Å². The largest absolute Gasteiger partial charge is 0.444 e. The highest BCUT2D eigenvalue weighted by atomic mass is 16.6. The van der Waals surface area contributed by atoms with Crippen LogP contribution in [-0.4, -0.2) is 44.8 Å². The van der Waals surface area contributed by atoms with E-state index < -0.39 is 5.60 Å². The summed E-state index contributed by atoms with van der Waals surface area (Å²) < 4.78 is 11.0. The number of pyridine rings is 1. The summed E-state index contributed by atoms with van der Waals surface area (Å²) in [6.45, 7) is 8.83. The van der Waals surface area contributed by atoms with Crippen LogP contribution in [0, 0.1) is 0 Å². The third-order valence-corrected chi connectivity index (χ3v) is 4.50. The smallest absolute Gasteiger partial charge is 0.410 e. The van der Waals surface area contributed by atoms with Crippen LogP contribution < -0.4 is 0 Å². The Morgan fingerprint density at radius 2 is 2.08 bits per heavy atom. The van der Waals surface area contributed by atoms with E-state index in [9.17, 15) is 4.79 Å². The summed E-state index contributed by atoms with van der Waals surface area (Å²) >= 11 is 0. The molecule has 1 amide bonds. The van der Waals surface area contributed by atoms with Crippen LogP contribution >= 0.6 is 0 Å². The number of hydrogen-bond acceptors (Lipinski definition) is 6. The van der Waals surface area contributed by atoms with E-state index in [2.05, 4.69) is 22.0 Å². The molecular weight excluding hydrogens is 320 g/mol. The van der Waals surface area contributed by atoms with Crippen molar-refractivity contribution in [3.63, 3.8) is 0 Å². The molecule has 2 aromatic heterocycles. The number of aromatic nitrogens is 3. The molecule has 134 valence electrons. The summed E-state index contributed by atoms with van der Waals surface area (Å²) in [6, 6.07) is 3.68. The molecule has 25 heavy (non-hydrogen) atoms. The first kappa shape index (κ1) is 17.4. The SMILES string of the molecule is CC[C@]1(c2nc(-c3ccncc3)no2)CCN(C(=O)OC(C)(C)C)C1. The standard InChI is InChI=1S/C18H24N4O3/c1-5-18(8-11-22(12-18)16(23)24-17(2,3)4)15-20-14(21-25-15)13-6-9-19-10-7-13/h6-7,9-10H,5,8,11-12H2,1-4H3/t18-/m0/s1. The second-order valence-electron chi connectivity index (χ2n) is 7.44. The molecule has 3 rings (SSSR count). The van der Waals surface area contributed by atoms with Crippen molar-refractivity contribution in [2.45, 2.75) is 51.6 Å². The van der Waals surface area contributed by atoms with E-state index in [-0.39, 0.29) is 11.5 Å². The lowest BCUT2D eigenvalue weighted by Gasteiger charge is -2.26. The van der Waals surface area contributed by atoms with Gasteiger partial charge in [-0.05, 0) is 45.7 Å². The van der Waals surface area contributed by atoms with Crippen LogP contribution in [-0.2, 0) is 10.2 Å². The topological polar surface area (TPSA) is 81.4 Å². The van der Waals surface area contributed by atoms with Crippen molar-refractivity contribution in [2.75, 3.05) is 13.1 Å². The van der Waals surface area contributed by atoms with E-state index in [1.54, 1.807) is 17.3 Å². The summed E-state index contributed by atoms with van der Waals surface area (Å²) in [5.41, 5.74) is 0.0289. The number of carbonyl (C=O) groups excluding carboxylic acids is 1. The molecule has 0 aromatic carbocycles. The van der Waals surface area contributed by atoms with Crippen molar-refractivity contribution in [3.8, 4) is 11.4 Å². The average molecular weight is 344 g/mol. The maximum Gasteiger partial charge on any atom is 0.410 e. The maximum atomic E-state index is 12.4. The zero-order chi connectivity index (χ0) is 18.1. The lowest BCUT2D eigenvalue weighted by Crippen LogP contribution is -2.38. The first-order valence-corrected chi connectivity index (χ1v) is 8.55. The Kier molecular flexibility index (Phi) is 4.49. The molecule has 0 bridgehead atoms. The minimum absolute atomic E-state index is 0.295. The van der Waals surface area contributed by atoms with Gasteiger partial charge in [0.2, 0.25) is 11.7 Å². The Bertz CT molecular complexity index is 738. The summed E-state index contributed by atoms with van der Waals surface area (Å²) in [5.74, 6) is 1.12. The summed E-state index contributed by atoms with van der Waals surface area (Å²) in [4.78, 5) is 22.7. The summed E-state index contributed by atoms with van der Waals surface area (Å²) in [7, 11) is 0. The van der Waals surface area contributed by atoms with E-state index >= 15 is 0 Å². The molecule has 3 heterocycles. The molecule has 1 aliphatic rings. The number of hydrogen-bond donors (Lipinski definition) is 0. The Morgan fingerprint density at radius 3 is 2.72 bits per heavy atom. The molecule has 0 radical (unpaired) electrons. The van der Waals surface area contributed by atoms with Gasteiger partial charge >= 0.3 is 6.09 Å². The number of rotatable bonds is 3. The van der Waals surface area contributed by atoms with Gasteiger partial charge in [-0.15, -0.1) is 0 Å². The fraction of sp³-hybridized carbons (Fsp3) is 0.556. The van der Waals surface area contributed by atoms with Crippen molar-refractivity contribution < 1.29 is 14.1 Å². The zero-order valence-electron chi connectivity index (χ0n) is 15.2. The molecular formula is C18H24N4O3. The molecule has 1 aliphatic heterocycles. The molecule has 1 fully saturated rings. The van der Waals surface area contributed by atoms with Crippen molar-refractivity contribution >= 4 is 6.09 Å². The van der Waals surface area contributed by atoms with Gasteiger partial charge in [-0.3, -0.25) is 4.98 Å². The highest BCUT2D eigenvalue weighted by Gasteiger charge is 2.45. The Hall–Kier alpha value is -2.44. The number of carbonyl (C=O) groups is 1. The van der Waals surface area contributed by atoms with E-state index in [0.29, 0.717) is 24.8 Å². The summed E-state index contributed by atoms with van der Waals surface area (Å²) in [6.07, 6.45) is 4.68. The van der Waals surface area contributed by atoms with E-state index in [1.165, 1.54) is 0 Å². The summed E-state index contributed by atoms with van der Waals surface area (Å²) in [5, 5.41) is 4.10. The Balaban J connectivity index is 1.79. The fourth-order valence-electron chi connectivity index (χ4n) is 3.03. The van der Waals surface area contributed by atoms with Crippen LogP contribution in [0.25, 0.3) is 11.4 Å². The van der Waals surface area contributed by atoms with Gasteiger partial charge < -0.3 is 14.2 Å². The third-order valence-electron chi connectivity index (χ3n) is 4.50. The zero-order valence-corrected chi connectivity index (χ0v) is 15.2. The van der Waals surface area contributed by atoms with Gasteiger partial charge in [-0.1, -0.05) is 12.1 Å². The van der Waals surface area contributed by atoms with Crippen LogP contribution in [0.5, 0.6) is 0 Å². The van der Waals surface area contributed by atoms with Gasteiger partial charge in [0.25, 0.3) is 0 Å². The Labute approximate surface area is 147 Å². The van der Waals surface area contributed by atoms with Crippen molar-refractivity contribution in [1.29, 1.82) is 0 Å². The predicted octanol–water partition coefficient (Wildman–Crippen LogP) is 3.42. The first-order chi connectivity index (χ1) is 11.8. The van der Waals surface area contributed by atoms with E-state index in [1.807, 2.05) is 32.9 Å². The fourth-order valence-corrected chi connectivity index (χ4v) is 3.03. The van der Waals surface area contributed by atoms with E-state index in [0.717, 1.165) is 18.4 Å². The molecule has 0 spiro atoms. The molecule has 0 unspecified atom stereocenters. The Morgan fingerprint density at radius 1 is 1.36 bits per heavy atom. The molecule has 1 saturated heterocycles. The predicted molar refractivity (Wildman–Crippen MR) is 91.9 cm³/mol. The quantitative estimate of drug-likeness (QED) is 0.848. The molecule has 7 heteroatoms. The number of amides is 1. The van der Waals surface area contributed by atoms with Gasteiger partial charge in [-0.2, -0.15) is 4.98 Å². The minimum Gasteiger partial charge on any atom is -0.444 e. The molecule has 0 N–H and O–H groups in total. The molecule has 0 aliphatic carbocycles. The van der Waals surface area contributed by atoms with Crippen LogP contribution in [0.15, 0.2) is 29.0 Å². The van der Waals surface area contributed by atoms with Crippen molar-refractivity contribution in [1.82, 2.24) is 20.0 Å². The van der Waals surface area contributed by atoms with Gasteiger partial charge in [0.1, 0.15) is 5.60 Å². The van der Waals surface area contributed by atoms with Crippen molar-refractivity contribution in [2.24, 2.45) is 0 Å². The third kappa shape index (κ3) is 3.65.